The average molecular weight is 585 g/mol. The first kappa shape index (κ1) is 37.4. The van der Waals surface area contributed by atoms with Crippen LogP contribution in [0.25, 0.3) is 0 Å². The molecule has 0 aliphatic heterocycles. The number of aromatic nitrogens is 2. The van der Waals surface area contributed by atoms with Crippen molar-refractivity contribution in [2.24, 2.45) is 0 Å². The molecule has 0 aliphatic carbocycles. The van der Waals surface area contributed by atoms with Crippen molar-refractivity contribution in [1.82, 2.24) is 9.97 Å². The smallest absolute Gasteiger partial charge is 0.381 e. The van der Waals surface area contributed by atoms with Gasteiger partial charge in [-0.05, 0) is 59.3 Å². The summed E-state index contributed by atoms with van der Waals surface area (Å²) in [6.07, 6.45) is 21.1. The number of unbranched alkanes of at least 4 members (excludes halogenated alkanes) is 7. The summed E-state index contributed by atoms with van der Waals surface area (Å²) >= 11 is 5.32. The lowest BCUT2D eigenvalue weighted by atomic mass is 10.1. The second-order valence-corrected chi connectivity index (χ2v) is 12.4. The van der Waals surface area contributed by atoms with E-state index >= 15 is 0 Å². The van der Waals surface area contributed by atoms with E-state index in [1.54, 1.807) is 6.07 Å². The molecule has 0 saturated carbocycles. The van der Waals surface area contributed by atoms with Crippen LogP contribution in [0.2, 0.25) is 0 Å². The lowest BCUT2D eigenvalue weighted by Crippen LogP contribution is -2.06. The number of carbonyl (C=O) groups excluding carboxylic acids is 1. The molecule has 0 aromatic carbocycles. The maximum absolute atomic E-state index is 10.5. The maximum Gasteiger partial charge on any atom is 0.381 e. The van der Waals surface area contributed by atoms with Crippen molar-refractivity contribution >= 4 is 24.5 Å². The van der Waals surface area contributed by atoms with Crippen LogP contribution in [0.4, 0.5) is 0 Å². The normalized spacial score (nSPS) is 11.7. The van der Waals surface area contributed by atoms with Gasteiger partial charge in [0, 0.05) is 36.4 Å². The van der Waals surface area contributed by atoms with Gasteiger partial charge in [0.25, 0.3) is 0 Å². The monoisotopic (exact) mass is 584 g/mol. The quantitative estimate of drug-likeness (QED) is 0.0649. The summed E-state index contributed by atoms with van der Waals surface area (Å²) in [7, 11) is 0. The Morgan fingerprint density at radius 3 is 2.00 bits per heavy atom. The second kappa shape index (κ2) is 24.2. The predicted octanol–water partition coefficient (Wildman–Crippen LogP) is 9.17. The SMILES string of the molecule is CCCCC=CCCC=CCCCCCCOC(C)=O.CCOP(=S)(OCC)Oc1cc(C)nc(C(C)C)n1. The Kier molecular flexibility index (Phi) is 23.2. The first-order chi connectivity index (χ1) is 18.7. The number of aryl methyl sites for hydroxylation is 1. The summed E-state index contributed by atoms with van der Waals surface area (Å²) in [5, 5.41) is 0. The van der Waals surface area contributed by atoms with Gasteiger partial charge in [-0.1, -0.05) is 70.8 Å². The largest absolute Gasteiger partial charge is 0.466 e. The van der Waals surface area contributed by atoms with E-state index in [4.69, 9.17) is 30.1 Å². The zero-order chi connectivity index (χ0) is 29.4. The minimum Gasteiger partial charge on any atom is -0.466 e. The minimum atomic E-state index is -2.77. The number of carbonyl (C=O) groups is 1. The zero-order valence-corrected chi connectivity index (χ0v) is 27.2. The van der Waals surface area contributed by atoms with E-state index in [9.17, 15) is 4.79 Å². The van der Waals surface area contributed by atoms with Crippen LogP contribution in [-0.2, 0) is 30.4 Å². The Labute approximate surface area is 243 Å². The molecule has 0 saturated heterocycles. The van der Waals surface area contributed by atoms with Crippen LogP contribution in [0.1, 0.15) is 123 Å². The molecule has 0 bridgehead atoms. The van der Waals surface area contributed by atoms with E-state index in [2.05, 4.69) is 41.2 Å². The highest BCUT2D eigenvalue weighted by Crippen LogP contribution is 2.49. The van der Waals surface area contributed by atoms with Crippen LogP contribution < -0.4 is 4.52 Å². The molecule has 39 heavy (non-hydrogen) atoms. The molecule has 1 heterocycles. The summed E-state index contributed by atoms with van der Waals surface area (Å²) in [5.41, 5.74) is 0.836. The molecule has 0 aliphatic rings. The Morgan fingerprint density at radius 1 is 0.897 bits per heavy atom. The van der Waals surface area contributed by atoms with Gasteiger partial charge >= 0.3 is 12.7 Å². The number of hydrogen-bond donors (Lipinski definition) is 0. The minimum absolute atomic E-state index is 0.170. The molecule has 0 spiro atoms. The molecule has 0 amide bonds. The molecule has 0 fully saturated rings. The van der Waals surface area contributed by atoms with E-state index in [0.29, 0.717) is 25.7 Å². The standard InChI is InChI=1S/C18H32O2.C12H21N2O3PS/c1-3-4-5-6-7-8-9-10-11-12-13-14-15-16-17-20-18(2)19;1-6-15-18(19,16-7-2)17-11-8-10(5)13-12(14-11)9(3)4/h6-7,10-11H,3-5,8-9,12-17H2,1-2H3;8-9H,6-7H2,1-5H3. The second-order valence-electron chi connectivity index (χ2n) is 9.44. The fourth-order valence-electron chi connectivity index (χ4n) is 3.31. The Hall–Kier alpha value is -1.60. The third kappa shape index (κ3) is 21.9. The predicted molar refractivity (Wildman–Crippen MR) is 166 cm³/mol. The lowest BCUT2D eigenvalue weighted by molar-refractivity contribution is -0.141. The number of hydrogen-bond acceptors (Lipinski definition) is 8. The van der Waals surface area contributed by atoms with Crippen molar-refractivity contribution in [3.05, 3.63) is 41.9 Å². The molecule has 224 valence electrons. The number of nitrogens with zero attached hydrogens (tertiary/aromatic N) is 2. The van der Waals surface area contributed by atoms with Crippen LogP contribution in [0.5, 0.6) is 5.88 Å². The molecule has 0 N–H and O–H groups in total. The molecule has 0 atom stereocenters. The van der Waals surface area contributed by atoms with Gasteiger partial charge in [-0.15, -0.1) is 0 Å². The fourth-order valence-corrected chi connectivity index (χ4v) is 5.30. The molecule has 0 unspecified atom stereocenters. The van der Waals surface area contributed by atoms with Crippen molar-refractivity contribution in [3.63, 3.8) is 0 Å². The van der Waals surface area contributed by atoms with Crippen LogP contribution in [-0.4, -0.2) is 35.8 Å². The van der Waals surface area contributed by atoms with Crippen molar-refractivity contribution in [2.75, 3.05) is 19.8 Å². The van der Waals surface area contributed by atoms with Crippen LogP contribution in [0.3, 0.4) is 0 Å². The highest BCUT2D eigenvalue weighted by molar-refractivity contribution is 8.07. The summed E-state index contributed by atoms with van der Waals surface area (Å²) < 4.78 is 21.4. The first-order valence-corrected chi connectivity index (χ1v) is 17.1. The van der Waals surface area contributed by atoms with Gasteiger partial charge in [0.05, 0.1) is 19.8 Å². The molecule has 1 rings (SSSR count). The molecular formula is C30H53N2O5PS. The van der Waals surface area contributed by atoms with Gasteiger partial charge in [0.2, 0.25) is 5.88 Å². The number of esters is 1. The van der Waals surface area contributed by atoms with E-state index in [0.717, 1.165) is 30.8 Å². The third-order valence-electron chi connectivity index (χ3n) is 5.27. The molecule has 9 heteroatoms. The highest BCUT2D eigenvalue weighted by atomic mass is 32.5. The van der Waals surface area contributed by atoms with E-state index < -0.39 is 6.72 Å². The molecule has 1 aromatic rings. The highest BCUT2D eigenvalue weighted by Gasteiger charge is 2.22. The fraction of sp³-hybridized carbons (Fsp3) is 0.700. The number of ether oxygens (including phenoxy) is 1. The first-order valence-electron chi connectivity index (χ1n) is 14.5. The van der Waals surface area contributed by atoms with E-state index in [1.807, 2.05) is 34.6 Å². The van der Waals surface area contributed by atoms with E-state index in [-0.39, 0.29) is 11.9 Å². The Morgan fingerprint density at radius 2 is 1.46 bits per heavy atom. The zero-order valence-electron chi connectivity index (χ0n) is 25.4. The Bertz CT molecular complexity index is 867. The van der Waals surface area contributed by atoms with Gasteiger partial charge in [-0.2, -0.15) is 4.98 Å². The summed E-state index contributed by atoms with van der Waals surface area (Å²) in [5.74, 6) is 1.20. The van der Waals surface area contributed by atoms with Gasteiger partial charge in [-0.3, -0.25) is 13.8 Å². The Balaban J connectivity index is 0.000000741. The summed E-state index contributed by atoms with van der Waals surface area (Å²) in [6.45, 7) is 12.0. The summed E-state index contributed by atoms with van der Waals surface area (Å²) in [6, 6.07) is 1.74. The van der Waals surface area contributed by atoms with Crippen LogP contribution in [0, 0.1) is 6.92 Å². The van der Waals surface area contributed by atoms with Gasteiger partial charge in [-0.25, -0.2) is 4.98 Å². The molecule has 1 aromatic heterocycles. The maximum atomic E-state index is 10.5. The van der Waals surface area contributed by atoms with Crippen molar-refractivity contribution in [1.29, 1.82) is 0 Å². The van der Waals surface area contributed by atoms with Gasteiger partial charge in [0.15, 0.2) is 0 Å². The van der Waals surface area contributed by atoms with Crippen molar-refractivity contribution < 1.29 is 23.1 Å². The van der Waals surface area contributed by atoms with Gasteiger partial charge < -0.3 is 9.26 Å². The topological polar surface area (TPSA) is 79.8 Å². The van der Waals surface area contributed by atoms with Crippen LogP contribution in [0.15, 0.2) is 30.4 Å². The molecule has 7 nitrogen and oxygen atoms in total. The molecule has 0 radical (unpaired) electrons. The summed E-state index contributed by atoms with van der Waals surface area (Å²) in [4.78, 5) is 19.3. The lowest BCUT2D eigenvalue weighted by Gasteiger charge is -2.20. The van der Waals surface area contributed by atoms with Crippen LogP contribution >= 0.6 is 6.72 Å². The number of rotatable bonds is 20. The van der Waals surface area contributed by atoms with Gasteiger partial charge in [0.1, 0.15) is 5.82 Å². The van der Waals surface area contributed by atoms with Crippen molar-refractivity contribution in [3.8, 4) is 5.88 Å². The van der Waals surface area contributed by atoms with Crippen molar-refractivity contribution in [2.45, 2.75) is 119 Å². The average Bonchev–Trinajstić information content (AvgIpc) is 2.86. The van der Waals surface area contributed by atoms with E-state index in [1.165, 1.54) is 51.9 Å². The number of allylic oxidation sites excluding steroid dienone is 4. The molecular weight excluding hydrogens is 531 g/mol. The third-order valence-corrected chi connectivity index (χ3v) is 7.69.